The van der Waals surface area contributed by atoms with Gasteiger partial charge in [0.25, 0.3) is 15.9 Å². The Morgan fingerprint density at radius 2 is 1.81 bits per heavy atom. The van der Waals surface area contributed by atoms with Crippen molar-refractivity contribution in [3.05, 3.63) is 41.3 Å². The van der Waals surface area contributed by atoms with Crippen LogP contribution in [0, 0.1) is 5.41 Å². The topological polar surface area (TPSA) is 101 Å². The second-order valence-corrected chi connectivity index (χ2v) is 6.50. The molecule has 0 aromatic heterocycles. The lowest BCUT2D eigenvalue weighted by molar-refractivity contribution is -0.161. The summed E-state index contributed by atoms with van der Waals surface area (Å²) in [5.41, 5.74) is -0.944. The summed E-state index contributed by atoms with van der Waals surface area (Å²) in [4.78, 5) is 23.0. The number of carbonyl (C=O) groups excluding carboxylic acids is 1. The maximum atomic E-state index is 11.9. The van der Waals surface area contributed by atoms with Gasteiger partial charge in [-0.05, 0) is 24.5 Å². The van der Waals surface area contributed by atoms with Crippen molar-refractivity contribution in [3.8, 4) is 0 Å². The second-order valence-electron chi connectivity index (χ2n) is 4.93. The first-order chi connectivity index (χ1) is 9.86. The molecule has 1 amide bonds. The van der Waals surface area contributed by atoms with Gasteiger partial charge in [-0.25, -0.2) is 13.1 Å². The molecule has 0 aliphatic heterocycles. The molecule has 1 aliphatic rings. The minimum absolute atomic E-state index is 0.159. The molecule has 21 heavy (non-hydrogen) atoms. The monoisotopic (exact) mass is 309 g/mol. The fraction of sp³-hybridized carbons (Fsp3) is 0.286. The van der Waals surface area contributed by atoms with Gasteiger partial charge in [0.15, 0.2) is 0 Å². The summed E-state index contributed by atoms with van der Waals surface area (Å²) in [6, 6.07) is 8.70. The summed E-state index contributed by atoms with van der Waals surface area (Å²) in [5.74, 6) is -2.26. The Labute approximate surface area is 122 Å². The van der Waals surface area contributed by atoms with Gasteiger partial charge < -0.3 is 5.11 Å². The summed E-state index contributed by atoms with van der Waals surface area (Å²) in [5, 5.41) is 9.94. The smallest absolute Gasteiger partial charge is 0.319 e. The SMILES string of the molecule is O=C(O)C1(C(=O)NS(=O)(=O)/C=C/c2ccccc2)CCC1. The molecular weight excluding hydrogens is 294 g/mol. The summed E-state index contributed by atoms with van der Waals surface area (Å²) in [6.07, 6.45) is 2.25. The summed E-state index contributed by atoms with van der Waals surface area (Å²) in [6.45, 7) is 0. The summed E-state index contributed by atoms with van der Waals surface area (Å²) in [7, 11) is -4.02. The molecular formula is C14H15NO5S. The number of hydrogen-bond donors (Lipinski definition) is 2. The van der Waals surface area contributed by atoms with Crippen molar-refractivity contribution in [3.63, 3.8) is 0 Å². The number of carboxylic acid groups (broad SMARTS) is 1. The maximum absolute atomic E-state index is 11.9. The zero-order chi connectivity index (χ0) is 15.5. The van der Waals surface area contributed by atoms with Crippen molar-refractivity contribution in [1.82, 2.24) is 4.72 Å². The Bertz CT molecular complexity index is 675. The van der Waals surface area contributed by atoms with Gasteiger partial charge in [-0.2, -0.15) is 0 Å². The van der Waals surface area contributed by atoms with Gasteiger partial charge in [-0.1, -0.05) is 36.8 Å². The highest BCUT2D eigenvalue weighted by Gasteiger charge is 2.52. The van der Waals surface area contributed by atoms with E-state index in [1.165, 1.54) is 6.08 Å². The number of hydrogen-bond acceptors (Lipinski definition) is 4. The summed E-state index contributed by atoms with van der Waals surface area (Å²) < 4.78 is 25.4. The van der Waals surface area contributed by atoms with Gasteiger partial charge in [0.05, 0.1) is 5.41 Å². The van der Waals surface area contributed by atoms with Crippen LogP contribution in [0.3, 0.4) is 0 Å². The van der Waals surface area contributed by atoms with Crippen LogP contribution >= 0.6 is 0 Å². The van der Waals surface area contributed by atoms with E-state index in [0.29, 0.717) is 12.0 Å². The Kier molecular flexibility index (Phi) is 4.13. The third-order valence-corrected chi connectivity index (χ3v) is 4.49. The van der Waals surface area contributed by atoms with Crippen LogP contribution in [-0.2, 0) is 19.6 Å². The molecule has 1 aromatic rings. The van der Waals surface area contributed by atoms with Crippen LogP contribution in [0.5, 0.6) is 0 Å². The minimum atomic E-state index is -4.02. The highest BCUT2D eigenvalue weighted by Crippen LogP contribution is 2.41. The number of rotatable bonds is 5. The van der Waals surface area contributed by atoms with Crippen molar-refractivity contribution >= 4 is 28.0 Å². The van der Waals surface area contributed by atoms with Gasteiger partial charge in [0.2, 0.25) is 0 Å². The van der Waals surface area contributed by atoms with Crippen molar-refractivity contribution in [2.45, 2.75) is 19.3 Å². The largest absolute Gasteiger partial charge is 0.480 e. The lowest BCUT2D eigenvalue weighted by Gasteiger charge is -2.35. The fourth-order valence-corrected chi connectivity index (χ4v) is 2.92. The van der Waals surface area contributed by atoms with E-state index in [-0.39, 0.29) is 12.8 Å². The molecule has 1 saturated carbocycles. The first kappa shape index (κ1) is 15.2. The average Bonchev–Trinajstić information content (AvgIpc) is 2.35. The molecule has 0 spiro atoms. The molecule has 2 rings (SSSR count). The highest BCUT2D eigenvalue weighted by molar-refractivity contribution is 7.93. The standard InChI is InChI=1S/C14H15NO5S/c16-12(14(13(17)18)8-4-9-14)15-21(19,20)10-7-11-5-2-1-3-6-11/h1-3,5-7,10H,4,8-9H2,(H,15,16)(H,17,18)/b10-7+. The summed E-state index contributed by atoms with van der Waals surface area (Å²) >= 11 is 0. The Morgan fingerprint density at radius 1 is 1.19 bits per heavy atom. The number of nitrogens with one attached hydrogen (secondary N) is 1. The normalized spacial score (nSPS) is 17.1. The molecule has 0 unspecified atom stereocenters. The number of sulfonamides is 1. The number of amides is 1. The number of carbonyl (C=O) groups is 2. The molecule has 1 aliphatic carbocycles. The minimum Gasteiger partial charge on any atom is -0.480 e. The van der Waals surface area contributed by atoms with Gasteiger partial charge in [-0.3, -0.25) is 9.59 Å². The molecule has 7 heteroatoms. The average molecular weight is 309 g/mol. The molecule has 0 radical (unpaired) electrons. The van der Waals surface area contributed by atoms with E-state index in [1.807, 2.05) is 4.72 Å². The van der Waals surface area contributed by atoms with Crippen LogP contribution in [0.25, 0.3) is 6.08 Å². The quantitative estimate of drug-likeness (QED) is 0.800. The Balaban J connectivity index is 2.09. The van der Waals surface area contributed by atoms with Crippen LogP contribution in [0.1, 0.15) is 24.8 Å². The van der Waals surface area contributed by atoms with Crippen LogP contribution in [0.4, 0.5) is 0 Å². The van der Waals surface area contributed by atoms with Crippen LogP contribution in [0.2, 0.25) is 0 Å². The van der Waals surface area contributed by atoms with E-state index in [9.17, 15) is 18.0 Å². The molecule has 112 valence electrons. The molecule has 2 N–H and O–H groups in total. The molecule has 0 bridgehead atoms. The third kappa shape index (κ3) is 3.30. The van der Waals surface area contributed by atoms with Gasteiger partial charge >= 0.3 is 5.97 Å². The van der Waals surface area contributed by atoms with E-state index in [0.717, 1.165) is 5.41 Å². The molecule has 0 heterocycles. The first-order valence-corrected chi connectivity index (χ1v) is 7.94. The van der Waals surface area contributed by atoms with E-state index >= 15 is 0 Å². The number of aliphatic carboxylic acids is 1. The van der Waals surface area contributed by atoms with E-state index < -0.39 is 27.3 Å². The van der Waals surface area contributed by atoms with Crippen molar-refractivity contribution in [2.24, 2.45) is 5.41 Å². The van der Waals surface area contributed by atoms with Crippen LogP contribution in [0.15, 0.2) is 35.7 Å². The van der Waals surface area contributed by atoms with Gasteiger partial charge in [0.1, 0.15) is 5.41 Å². The second kappa shape index (κ2) is 5.69. The van der Waals surface area contributed by atoms with E-state index in [2.05, 4.69) is 0 Å². The Hall–Kier alpha value is -2.15. The van der Waals surface area contributed by atoms with Crippen LogP contribution in [-0.4, -0.2) is 25.4 Å². The number of carboxylic acids is 1. The molecule has 1 fully saturated rings. The molecule has 0 saturated heterocycles. The van der Waals surface area contributed by atoms with Gasteiger partial charge in [-0.15, -0.1) is 0 Å². The fourth-order valence-electron chi connectivity index (χ4n) is 2.06. The van der Waals surface area contributed by atoms with Gasteiger partial charge in [0, 0.05) is 0 Å². The van der Waals surface area contributed by atoms with Crippen molar-refractivity contribution < 1.29 is 23.1 Å². The molecule has 0 atom stereocenters. The lowest BCUT2D eigenvalue weighted by atomic mass is 9.68. The predicted octanol–water partition coefficient (Wildman–Crippen LogP) is 1.36. The van der Waals surface area contributed by atoms with E-state index in [1.54, 1.807) is 30.3 Å². The zero-order valence-corrected chi connectivity index (χ0v) is 12.0. The lowest BCUT2D eigenvalue weighted by Crippen LogP contribution is -2.52. The van der Waals surface area contributed by atoms with Crippen molar-refractivity contribution in [1.29, 1.82) is 0 Å². The number of benzene rings is 1. The first-order valence-electron chi connectivity index (χ1n) is 6.39. The predicted molar refractivity (Wildman–Crippen MR) is 76.5 cm³/mol. The zero-order valence-electron chi connectivity index (χ0n) is 11.2. The van der Waals surface area contributed by atoms with Crippen LogP contribution < -0.4 is 4.72 Å². The van der Waals surface area contributed by atoms with E-state index in [4.69, 9.17) is 5.11 Å². The van der Waals surface area contributed by atoms with Crippen molar-refractivity contribution in [2.75, 3.05) is 0 Å². The molecule has 6 nitrogen and oxygen atoms in total. The molecule has 1 aromatic carbocycles. The third-order valence-electron chi connectivity index (χ3n) is 3.53. The maximum Gasteiger partial charge on any atom is 0.319 e. The highest BCUT2D eigenvalue weighted by atomic mass is 32.2. The Morgan fingerprint density at radius 3 is 2.29 bits per heavy atom.